The van der Waals surface area contributed by atoms with E-state index in [0.717, 1.165) is 6.07 Å². The maximum absolute atomic E-state index is 13.1. The van der Waals surface area contributed by atoms with Crippen molar-refractivity contribution < 1.29 is 17.6 Å². The van der Waals surface area contributed by atoms with Crippen LogP contribution in [0.15, 0.2) is 47.4 Å². The van der Waals surface area contributed by atoms with Crippen molar-refractivity contribution in [2.75, 3.05) is 5.32 Å². The number of carbonyl (C=O) groups is 1. The molecule has 0 aliphatic carbocycles. The number of carbonyl (C=O) groups excluding carboxylic acids is 1. The summed E-state index contributed by atoms with van der Waals surface area (Å²) in [5.74, 6) is -1.00. The standard InChI is InChI=1S/C14H11ClFNO3S/c1-9-7-12(5-6-13(9)21(15,19)20)17-14(18)10-3-2-4-11(16)8-10/h2-8H,1H3,(H,17,18). The van der Waals surface area contributed by atoms with Gasteiger partial charge in [0.05, 0.1) is 4.90 Å². The van der Waals surface area contributed by atoms with Gasteiger partial charge >= 0.3 is 0 Å². The summed E-state index contributed by atoms with van der Waals surface area (Å²) in [4.78, 5) is 11.9. The van der Waals surface area contributed by atoms with Gasteiger partial charge < -0.3 is 5.32 Å². The van der Waals surface area contributed by atoms with E-state index in [2.05, 4.69) is 5.32 Å². The van der Waals surface area contributed by atoms with E-state index in [1.54, 1.807) is 6.92 Å². The highest BCUT2D eigenvalue weighted by Gasteiger charge is 2.14. The van der Waals surface area contributed by atoms with Gasteiger partial charge in [-0.15, -0.1) is 0 Å². The van der Waals surface area contributed by atoms with Crippen LogP contribution in [-0.2, 0) is 9.05 Å². The molecule has 0 aliphatic rings. The molecule has 1 amide bonds. The van der Waals surface area contributed by atoms with Crippen LogP contribution in [0.2, 0.25) is 0 Å². The Morgan fingerprint density at radius 3 is 2.48 bits per heavy atom. The van der Waals surface area contributed by atoms with Crippen LogP contribution in [0.5, 0.6) is 0 Å². The van der Waals surface area contributed by atoms with Crippen LogP contribution < -0.4 is 5.32 Å². The second-order valence-electron chi connectivity index (χ2n) is 4.38. The van der Waals surface area contributed by atoms with Gasteiger partial charge in [-0.25, -0.2) is 12.8 Å². The number of aryl methyl sites for hydroxylation is 1. The molecule has 2 aromatic carbocycles. The molecule has 2 rings (SSSR count). The Kier molecular flexibility index (Phi) is 4.29. The molecule has 0 unspecified atom stereocenters. The average molecular weight is 328 g/mol. The zero-order valence-corrected chi connectivity index (χ0v) is 12.5. The smallest absolute Gasteiger partial charge is 0.261 e. The Morgan fingerprint density at radius 2 is 1.90 bits per heavy atom. The van der Waals surface area contributed by atoms with Crippen molar-refractivity contribution in [1.82, 2.24) is 0 Å². The van der Waals surface area contributed by atoms with Crippen LogP contribution in [0.25, 0.3) is 0 Å². The SMILES string of the molecule is Cc1cc(NC(=O)c2cccc(F)c2)ccc1S(=O)(=O)Cl. The molecular formula is C14H11ClFNO3S. The Bertz CT molecular complexity index is 806. The van der Waals surface area contributed by atoms with Gasteiger partial charge in [-0.1, -0.05) is 6.07 Å². The van der Waals surface area contributed by atoms with E-state index in [1.165, 1.54) is 36.4 Å². The van der Waals surface area contributed by atoms with Gasteiger partial charge in [0.25, 0.3) is 15.0 Å². The van der Waals surface area contributed by atoms with E-state index in [-0.39, 0.29) is 10.5 Å². The minimum atomic E-state index is -3.83. The molecule has 0 bridgehead atoms. The Morgan fingerprint density at radius 1 is 1.19 bits per heavy atom. The third-order valence-electron chi connectivity index (χ3n) is 2.78. The van der Waals surface area contributed by atoms with Crippen molar-refractivity contribution in [2.24, 2.45) is 0 Å². The van der Waals surface area contributed by atoms with Crippen LogP contribution >= 0.6 is 10.7 Å². The molecule has 0 aliphatic heterocycles. The van der Waals surface area contributed by atoms with Crippen LogP contribution in [0.4, 0.5) is 10.1 Å². The van der Waals surface area contributed by atoms with Crippen molar-refractivity contribution in [1.29, 1.82) is 0 Å². The summed E-state index contributed by atoms with van der Waals surface area (Å²) in [6, 6.07) is 9.45. The van der Waals surface area contributed by atoms with E-state index in [9.17, 15) is 17.6 Å². The molecule has 4 nitrogen and oxygen atoms in total. The van der Waals surface area contributed by atoms with Crippen molar-refractivity contribution in [2.45, 2.75) is 11.8 Å². The fourth-order valence-electron chi connectivity index (χ4n) is 1.83. The lowest BCUT2D eigenvalue weighted by molar-refractivity contribution is 0.102. The molecule has 0 atom stereocenters. The summed E-state index contributed by atoms with van der Waals surface area (Å²) >= 11 is 0. The van der Waals surface area contributed by atoms with Crippen molar-refractivity contribution in [3.05, 3.63) is 59.4 Å². The maximum Gasteiger partial charge on any atom is 0.261 e. The molecule has 0 heterocycles. The molecule has 0 spiro atoms. The van der Waals surface area contributed by atoms with E-state index in [4.69, 9.17) is 10.7 Å². The lowest BCUT2D eigenvalue weighted by Gasteiger charge is -2.08. The van der Waals surface area contributed by atoms with Gasteiger partial charge in [0, 0.05) is 21.9 Å². The van der Waals surface area contributed by atoms with Gasteiger partial charge in [-0.3, -0.25) is 4.79 Å². The fraction of sp³-hybridized carbons (Fsp3) is 0.0714. The van der Waals surface area contributed by atoms with E-state index >= 15 is 0 Å². The molecule has 2 aromatic rings. The summed E-state index contributed by atoms with van der Waals surface area (Å²) in [5, 5.41) is 2.56. The number of amides is 1. The highest BCUT2D eigenvalue weighted by molar-refractivity contribution is 8.13. The van der Waals surface area contributed by atoms with Crippen molar-refractivity contribution >= 4 is 31.3 Å². The van der Waals surface area contributed by atoms with Crippen LogP contribution in [-0.4, -0.2) is 14.3 Å². The second kappa shape index (κ2) is 5.83. The summed E-state index contributed by atoms with van der Waals surface area (Å²) < 4.78 is 35.6. The molecule has 1 N–H and O–H groups in total. The third-order valence-corrected chi connectivity index (χ3v) is 4.26. The zero-order valence-electron chi connectivity index (χ0n) is 10.9. The number of halogens is 2. The zero-order chi connectivity index (χ0) is 15.6. The van der Waals surface area contributed by atoms with Gasteiger partial charge in [-0.2, -0.15) is 0 Å². The van der Waals surface area contributed by atoms with Crippen molar-refractivity contribution in [3.63, 3.8) is 0 Å². The monoisotopic (exact) mass is 327 g/mol. The lowest BCUT2D eigenvalue weighted by atomic mass is 10.2. The van der Waals surface area contributed by atoms with Gasteiger partial charge in [-0.05, 0) is 48.9 Å². The highest BCUT2D eigenvalue weighted by atomic mass is 35.7. The topological polar surface area (TPSA) is 63.2 Å². The molecule has 21 heavy (non-hydrogen) atoms. The Hall–Kier alpha value is -1.92. The van der Waals surface area contributed by atoms with Gasteiger partial charge in [0.15, 0.2) is 0 Å². The number of hydrogen-bond acceptors (Lipinski definition) is 3. The first-order chi connectivity index (χ1) is 9.77. The van der Waals surface area contributed by atoms with E-state index in [0.29, 0.717) is 11.3 Å². The predicted molar refractivity (Wildman–Crippen MR) is 78.6 cm³/mol. The average Bonchev–Trinajstić information content (AvgIpc) is 2.37. The van der Waals surface area contributed by atoms with Gasteiger partial charge in [0.2, 0.25) is 0 Å². The van der Waals surface area contributed by atoms with Crippen LogP contribution in [0, 0.1) is 12.7 Å². The fourth-order valence-corrected chi connectivity index (χ4v) is 3.03. The molecule has 0 fully saturated rings. The minimum Gasteiger partial charge on any atom is -0.322 e. The molecule has 110 valence electrons. The first-order valence-electron chi connectivity index (χ1n) is 5.89. The quantitative estimate of drug-likeness (QED) is 0.880. The van der Waals surface area contributed by atoms with E-state index in [1.807, 2.05) is 0 Å². The highest BCUT2D eigenvalue weighted by Crippen LogP contribution is 2.23. The van der Waals surface area contributed by atoms with E-state index < -0.39 is 20.8 Å². The normalized spacial score (nSPS) is 11.2. The summed E-state index contributed by atoms with van der Waals surface area (Å²) in [6.45, 7) is 1.56. The molecule has 0 saturated heterocycles. The summed E-state index contributed by atoms with van der Waals surface area (Å²) in [5.41, 5.74) is 0.967. The number of nitrogens with one attached hydrogen (secondary N) is 1. The molecule has 7 heteroatoms. The Labute approximate surface area is 126 Å². The van der Waals surface area contributed by atoms with Gasteiger partial charge in [0.1, 0.15) is 5.82 Å². The number of benzene rings is 2. The molecule has 0 aromatic heterocycles. The first-order valence-corrected chi connectivity index (χ1v) is 8.20. The molecule has 0 radical (unpaired) electrons. The number of anilines is 1. The minimum absolute atomic E-state index is 0.0204. The number of rotatable bonds is 3. The van der Waals surface area contributed by atoms with Crippen LogP contribution in [0.3, 0.4) is 0 Å². The summed E-state index contributed by atoms with van der Waals surface area (Å²) in [7, 11) is 1.45. The van der Waals surface area contributed by atoms with Crippen LogP contribution in [0.1, 0.15) is 15.9 Å². The number of hydrogen-bond donors (Lipinski definition) is 1. The first kappa shape index (κ1) is 15.5. The maximum atomic E-state index is 13.1. The largest absolute Gasteiger partial charge is 0.322 e. The van der Waals surface area contributed by atoms with Crippen molar-refractivity contribution in [3.8, 4) is 0 Å². The molecular weight excluding hydrogens is 317 g/mol. The lowest BCUT2D eigenvalue weighted by Crippen LogP contribution is -2.12. The summed E-state index contributed by atoms with van der Waals surface area (Å²) in [6.07, 6.45) is 0. The Balaban J connectivity index is 2.25. The second-order valence-corrected chi connectivity index (χ2v) is 6.92. The molecule has 0 saturated carbocycles. The predicted octanol–water partition coefficient (Wildman–Crippen LogP) is 3.31. The third kappa shape index (κ3) is 3.80.